The molecule has 0 unspecified atom stereocenters. The average molecular weight is 478 g/mol. The number of carbonyl (C=O) groups excluding carboxylic acids is 2. The molecule has 4 N–H and O–H groups in total. The highest BCUT2D eigenvalue weighted by Gasteiger charge is 2.28. The van der Waals surface area contributed by atoms with Crippen molar-refractivity contribution < 1.29 is 32.3 Å². The molecule has 1 heterocycles. The van der Waals surface area contributed by atoms with Gasteiger partial charge in [0.25, 0.3) is 5.91 Å². The molecule has 0 aliphatic rings. The molecule has 2 amide bonds. The SMILES string of the molecule is C[C@H](NC(=O)[C@@H](O)c1cc(F)cc(F)c1)C(=O)Nc1cc(C(C)(C)c2ccc(F)c(F)c2)[nH]n1. The number of rotatable bonds is 7. The number of anilines is 1. The molecular formula is C23H22F4N4O3. The Balaban J connectivity index is 1.65. The number of nitrogens with zero attached hydrogens (tertiary/aromatic N) is 1. The molecule has 3 rings (SSSR count). The van der Waals surface area contributed by atoms with Crippen LogP contribution in [0, 0.1) is 23.3 Å². The van der Waals surface area contributed by atoms with Gasteiger partial charge >= 0.3 is 0 Å². The van der Waals surface area contributed by atoms with Gasteiger partial charge in [0.2, 0.25) is 5.91 Å². The third kappa shape index (κ3) is 5.42. The van der Waals surface area contributed by atoms with Crippen LogP contribution in [0.25, 0.3) is 0 Å². The first-order chi connectivity index (χ1) is 15.9. The molecule has 2 atom stereocenters. The van der Waals surface area contributed by atoms with Gasteiger partial charge in [0.05, 0.1) is 0 Å². The van der Waals surface area contributed by atoms with Crippen LogP contribution in [-0.4, -0.2) is 33.2 Å². The van der Waals surface area contributed by atoms with Gasteiger partial charge in [-0.3, -0.25) is 14.7 Å². The zero-order valence-corrected chi connectivity index (χ0v) is 18.4. The molecule has 2 aromatic carbocycles. The molecule has 0 spiro atoms. The lowest BCUT2D eigenvalue weighted by Gasteiger charge is -2.23. The van der Waals surface area contributed by atoms with Crippen LogP contribution in [0.3, 0.4) is 0 Å². The van der Waals surface area contributed by atoms with Crippen LogP contribution in [0.15, 0.2) is 42.5 Å². The molecule has 1 aromatic heterocycles. The Morgan fingerprint density at radius 3 is 2.24 bits per heavy atom. The molecule has 0 saturated heterocycles. The molecule has 11 heteroatoms. The fraction of sp³-hybridized carbons (Fsp3) is 0.261. The van der Waals surface area contributed by atoms with Gasteiger partial charge in [-0.2, -0.15) is 5.10 Å². The lowest BCUT2D eigenvalue weighted by Crippen LogP contribution is -2.43. The summed E-state index contributed by atoms with van der Waals surface area (Å²) in [5.74, 6) is -5.51. The number of halogens is 4. The van der Waals surface area contributed by atoms with Gasteiger partial charge in [-0.05, 0) is 42.3 Å². The van der Waals surface area contributed by atoms with E-state index in [0.29, 0.717) is 17.3 Å². The van der Waals surface area contributed by atoms with E-state index >= 15 is 0 Å². The molecule has 0 aliphatic carbocycles. The van der Waals surface area contributed by atoms with Crippen molar-refractivity contribution in [3.05, 3.63) is 82.6 Å². The second-order valence-electron chi connectivity index (χ2n) is 8.25. The average Bonchev–Trinajstić information content (AvgIpc) is 3.23. The van der Waals surface area contributed by atoms with Gasteiger partial charge < -0.3 is 15.7 Å². The molecule has 7 nitrogen and oxygen atoms in total. The second kappa shape index (κ2) is 9.64. The predicted molar refractivity (Wildman–Crippen MR) is 115 cm³/mol. The summed E-state index contributed by atoms with van der Waals surface area (Å²) in [5.41, 5.74) is -0.154. The van der Waals surface area contributed by atoms with Crippen LogP contribution in [0.2, 0.25) is 0 Å². The molecule has 0 bridgehead atoms. The molecular weight excluding hydrogens is 456 g/mol. The van der Waals surface area contributed by atoms with Gasteiger partial charge in [-0.1, -0.05) is 19.9 Å². The van der Waals surface area contributed by atoms with Gasteiger partial charge in [0.1, 0.15) is 17.7 Å². The number of hydrogen-bond acceptors (Lipinski definition) is 4. The van der Waals surface area contributed by atoms with Crippen LogP contribution in [0.4, 0.5) is 23.4 Å². The van der Waals surface area contributed by atoms with Crippen molar-refractivity contribution in [1.82, 2.24) is 15.5 Å². The van der Waals surface area contributed by atoms with Crippen LogP contribution in [0.5, 0.6) is 0 Å². The van der Waals surface area contributed by atoms with E-state index in [0.717, 1.165) is 24.3 Å². The minimum Gasteiger partial charge on any atom is -0.378 e. The maximum absolute atomic E-state index is 13.7. The molecule has 0 fully saturated rings. The number of benzene rings is 2. The number of aromatic nitrogens is 2. The highest BCUT2D eigenvalue weighted by molar-refractivity contribution is 5.97. The van der Waals surface area contributed by atoms with Crippen molar-refractivity contribution in [3.8, 4) is 0 Å². The summed E-state index contributed by atoms with van der Waals surface area (Å²) in [6.07, 6.45) is -1.89. The van der Waals surface area contributed by atoms with Crippen LogP contribution in [-0.2, 0) is 15.0 Å². The first kappa shape index (κ1) is 24.9. The van der Waals surface area contributed by atoms with Crippen molar-refractivity contribution >= 4 is 17.6 Å². The van der Waals surface area contributed by atoms with Crippen molar-refractivity contribution in [3.63, 3.8) is 0 Å². The number of aliphatic hydroxyl groups is 1. The van der Waals surface area contributed by atoms with E-state index in [9.17, 15) is 32.3 Å². The summed E-state index contributed by atoms with van der Waals surface area (Å²) < 4.78 is 53.6. The zero-order valence-electron chi connectivity index (χ0n) is 18.4. The largest absolute Gasteiger partial charge is 0.378 e. The smallest absolute Gasteiger partial charge is 0.254 e. The van der Waals surface area contributed by atoms with E-state index in [1.54, 1.807) is 13.8 Å². The maximum atomic E-state index is 13.7. The van der Waals surface area contributed by atoms with Gasteiger partial charge in [0.15, 0.2) is 23.6 Å². The molecule has 0 aliphatic heterocycles. The van der Waals surface area contributed by atoms with E-state index < -0.39 is 52.6 Å². The summed E-state index contributed by atoms with van der Waals surface area (Å²) in [5, 5.41) is 21.5. The Morgan fingerprint density at radius 1 is 0.971 bits per heavy atom. The fourth-order valence-corrected chi connectivity index (χ4v) is 3.22. The number of amides is 2. The van der Waals surface area contributed by atoms with Crippen molar-refractivity contribution in [2.24, 2.45) is 0 Å². The third-order valence-corrected chi connectivity index (χ3v) is 5.34. The molecule has 3 aromatic rings. The Hall–Kier alpha value is -3.73. The normalized spacial score (nSPS) is 13.3. The van der Waals surface area contributed by atoms with Gasteiger partial charge in [0, 0.05) is 23.2 Å². The van der Waals surface area contributed by atoms with Gasteiger partial charge in [-0.25, -0.2) is 17.6 Å². The first-order valence-electron chi connectivity index (χ1n) is 10.1. The second-order valence-corrected chi connectivity index (χ2v) is 8.25. The number of nitrogens with one attached hydrogen (secondary N) is 3. The first-order valence-corrected chi connectivity index (χ1v) is 10.1. The molecule has 34 heavy (non-hydrogen) atoms. The highest BCUT2D eigenvalue weighted by atomic mass is 19.2. The van der Waals surface area contributed by atoms with Crippen molar-refractivity contribution in [2.75, 3.05) is 5.32 Å². The monoisotopic (exact) mass is 478 g/mol. The maximum Gasteiger partial charge on any atom is 0.254 e. The number of aliphatic hydroxyl groups excluding tert-OH is 1. The highest BCUT2D eigenvalue weighted by Crippen LogP contribution is 2.32. The Bertz CT molecular complexity index is 1210. The van der Waals surface area contributed by atoms with E-state index in [1.807, 2.05) is 0 Å². The van der Waals surface area contributed by atoms with Gasteiger partial charge in [-0.15, -0.1) is 0 Å². The van der Waals surface area contributed by atoms with E-state index in [-0.39, 0.29) is 11.4 Å². The molecule has 180 valence electrons. The summed E-state index contributed by atoms with van der Waals surface area (Å²) >= 11 is 0. The van der Waals surface area contributed by atoms with Crippen LogP contribution in [0.1, 0.15) is 43.7 Å². The number of H-pyrrole nitrogens is 1. The lowest BCUT2D eigenvalue weighted by atomic mass is 9.81. The minimum absolute atomic E-state index is 0.101. The quantitative estimate of drug-likeness (QED) is 0.390. The zero-order chi connectivity index (χ0) is 25.2. The van der Waals surface area contributed by atoms with Crippen molar-refractivity contribution in [1.29, 1.82) is 0 Å². The summed E-state index contributed by atoms with van der Waals surface area (Å²) in [7, 11) is 0. The molecule has 0 saturated carbocycles. The molecule has 0 radical (unpaired) electrons. The van der Waals surface area contributed by atoms with E-state index in [1.165, 1.54) is 19.1 Å². The number of carbonyl (C=O) groups is 2. The Labute approximate surface area is 192 Å². The van der Waals surface area contributed by atoms with E-state index in [4.69, 9.17) is 0 Å². The topological polar surface area (TPSA) is 107 Å². The van der Waals surface area contributed by atoms with E-state index in [2.05, 4.69) is 20.8 Å². The lowest BCUT2D eigenvalue weighted by molar-refractivity contribution is -0.132. The predicted octanol–water partition coefficient (Wildman–Crippen LogP) is 3.47. The minimum atomic E-state index is -1.89. The summed E-state index contributed by atoms with van der Waals surface area (Å²) in [6, 6.07) is 6.08. The Morgan fingerprint density at radius 2 is 1.62 bits per heavy atom. The standard InChI is InChI=1S/C23H22F4N4O3/c1-11(28-22(34)20(32)12-6-14(24)9-15(25)7-12)21(33)29-19-10-18(30-31-19)23(2,3)13-4-5-16(26)17(27)8-13/h4-11,20,32H,1-3H3,(H,28,34)(H2,29,30,31,33)/t11-,20-/m0/s1. The van der Waals surface area contributed by atoms with Crippen molar-refractivity contribution in [2.45, 2.75) is 38.3 Å². The number of aromatic amines is 1. The fourth-order valence-electron chi connectivity index (χ4n) is 3.22. The van der Waals surface area contributed by atoms with Crippen LogP contribution >= 0.6 is 0 Å². The summed E-state index contributed by atoms with van der Waals surface area (Å²) in [4.78, 5) is 24.7. The third-order valence-electron chi connectivity index (χ3n) is 5.34. The van der Waals surface area contributed by atoms with Crippen LogP contribution < -0.4 is 10.6 Å². The number of hydrogen-bond donors (Lipinski definition) is 4. The summed E-state index contributed by atoms with van der Waals surface area (Å²) in [6.45, 7) is 4.83. The Kier molecular flexibility index (Phi) is 7.06.